The van der Waals surface area contributed by atoms with Gasteiger partial charge in [0.15, 0.2) is 5.43 Å². The van der Waals surface area contributed by atoms with Crippen molar-refractivity contribution >= 4 is 16.9 Å². The number of hydrogen-bond acceptors (Lipinski definition) is 4. The molecule has 0 radical (unpaired) electrons. The molecule has 5 heteroatoms. The van der Waals surface area contributed by atoms with Crippen LogP contribution in [-0.2, 0) is 0 Å². The normalized spacial score (nSPS) is 10.4. The van der Waals surface area contributed by atoms with Crippen LogP contribution in [0.25, 0.3) is 33.4 Å². The Bertz CT molecular complexity index is 1180. The molecule has 0 atom stereocenters. The molecule has 0 saturated heterocycles. The lowest BCUT2D eigenvalue weighted by molar-refractivity contribution is 0.0963. The second-order valence-electron chi connectivity index (χ2n) is 5.94. The molecule has 0 fully saturated rings. The molecule has 1 aliphatic heterocycles. The van der Waals surface area contributed by atoms with Crippen molar-refractivity contribution in [3.63, 3.8) is 0 Å². The molecule has 0 aromatic heterocycles. The lowest BCUT2D eigenvalue weighted by Crippen LogP contribution is -2.18. The summed E-state index contributed by atoms with van der Waals surface area (Å²) in [6.07, 6.45) is 0. The molecular weight excluding hydrogens is 354 g/mol. The minimum absolute atomic E-state index is 0.0596. The maximum absolute atomic E-state index is 12.4. The number of phenolic OH excluding ortho intramolecular Hbond substituents is 1. The molecule has 0 saturated carbocycles. The predicted octanol–water partition coefficient (Wildman–Crippen LogP) is 4.66. The van der Waals surface area contributed by atoms with E-state index in [0.29, 0.717) is 16.9 Å². The molecule has 2 aromatic carbocycles. The van der Waals surface area contributed by atoms with Crippen molar-refractivity contribution < 1.29 is 14.3 Å². The number of fused-ring (bicyclic) bond motifs is 2. The number of nitrogens with one attached hydrogen (secondary N) is 1. The Labute approximate surface area is 162 Å². The Morgan fingerprint density at radius 1 is 0.964 bits per heavy atom. The van der Waals surface area contributed by atoms with Crippen LogP contribution in [0, 0.1) is 0 Å². The van der Waals surface area contributed by atoms with Crippen LogP contribution in [0.3, 0.4) is 0 Å². The molecule has 0 unspecified atom stereocenters. The quantitative estimate of drug-likeness (QED) is 0.500. The van der Waals surface area contributed by atoms with E-state index in [4.69, 9.17) is 4.42 Å². The second-order valence-corrected chi connectivity index (χ2v) is 5.94. The van der Waals surface area contributed by atoms with Crippen LogP contribution in [0.15, 0.2) is 69.9 Å². The number of rotatable bonds is 2. The molecule has 28 heavy (non-hydrogen) atoms. The number of aromatic hydroxyl groups is 1. The summed E-state index contributed by atoms with van der Waals surface area (Å²) in [6.45, 7) is 4.00. The van der Waals surface area contributed by atoms with Crippen LogP contribution in [-0.4, -0.2) is 18.1 Å². The Kier molecular flexibility index (Phi) is 5.45. The lowest BCUT2D eigenvalue weighted by Gasteiger charge is -2.17. The molecule has 4 rings (SSSR count). The van der Waals surface area contributed by atoms with Crippen molar-refractivity contribution in [2.45, 2.75) is 13.8 Å². The second kappa shape index (κ2) is 7.96. The Balaban J connectivity index is 0.00000109. The average molecular weight is 375 g/mol. The van der Waals surface area contributed by atoms with Gasteiger partial charge in [0.2, 0.25) is 0 Å². The molecule has 2 aromatic rings. The highest BCUT2D eigenvalue weighted by Gasteiger charge is 2.21. The lowest BCUT2D eigenvalue weighted by atomic mass is 9.90. The van der Waals surface area contributed by atoms with Crippen LogP contribution in [0.5, 0.6) is 5.75 Å². The van der Waals surface area contributed by atoms with Gasteiger partial charge in [0.1, 0.15) is 17.1 Å². The van der Waals surface area contributed by atoms with Crippen LogP contribution in [0.2, 0.25) is 0 Å². The van der Waals surface area contributed by atoms with E-state index in [0.717, 1.165) is 22.1 Å². The van der Waals surface area contributed by atoms with Crippen LogP contribution in [0.4, 0.5) is 0 Å². The van der Waals surface area contributed by atoms with Crippen molar-refractivity contribution in [1.82, 2.24) is 5.32 Å². The molecule has 1 amide bonds. The molecule has 2 N–H and O–H groups in total. The fraction of sp³-hybridized carbons (Fsp3) is 0.130. The standard InChI is InChI=1S/C21H15NO4.C2H6/c1-22-21(25)15-5-3-2-4-14(15)20-16-8-6-12(23)10-18(16)26-19-11-13(24)7-9-17(19)20;1-2/h2-11,23H,1H3,(H,22,25);1-2H3. The molecule has 0 spiro atoms. The first-order valence-corrected chi connectivity index (χ1v) is 9.09. The van der Waals surface area contributed by atoms with E-state index in [9.17, 15) is 14.7 Å². The van der Waals surface area contributed by atoms with Gasteiger partial charge in [-0.15, -0.1) is 0 Å². The zero-order chi connectivity index (χ0) is 20.3. The smallest absolute Gasteiger partial charge is 0.251 e. The minimum atomic E-state index is -0.207. The van der Waals surface area contributed by atoms with E-state index < -0.39 is 0 Å². The number of benzene rings is 3. The number of amides is 1. The maximum Gasteiger partial charge on any atom is 0.251 e. The van der Waals surface area contributed by atoms with Gasteiger partial charge in [-0.1, -0.05) is 32.0 Å². The minimum Gasteiger partial charge on any atom is -0.508 e. The summed E-state index contributed by atoms with van der Waals surface area (Å²) in [4.78, 5) is 24.1. The van der Waals surface area contributed by atoms with E-state index >= 15 is 0 Å². The third-order valence-electron chi connectivity index (χ3n) is 4.34. The fourth-order valence-corrected chi connectivity index (χ4v) is 3.18. The molecule has 0 bridgehead atoms. The summed E-state index contributed by atoms with van der Waals surface area (Å²) in [5.41, 5.74) is 3.00. The Morgan fingerprint density at radius 2 is 1.71 bits per heavy atom. The number of carbonyl (C=O) groups excluding carboxylic acids is 1. The summed E-state index contributed by atoms with van der Waals surface area (Å²) in [5, 5.41) is 13.2. The number of phenols is 1. The van der Waals surface area contributed by atoms with Gasteiger partial charge >= 0.3 is 0 Å². The van der Waals surface area contributed by atoms with E-state index in [2.05, 4.69) is 5.32 Å². The first kappa shape index (κ1) is 19.2. The van der Waals surface area contributed by atoms with Gasteiger partial charge in [-0.3, -0.25) is 9.59 Å². The molecule has 142 valence electrons. The van der Waals surface area contributed by atoms with Crippen molar-refractivity contribution in [1.29, 1.82) is 0 Å². The number of carbonyl (C=O) groups is 1. The zero-order valence-corrected chi connectivity index (χ0v) is 15.9. The summed E-state index contributed by atoms with van der Waals surface area (Å²) < 4.78 is 5.84. The Morgan fingerprint density at radius 3 is 2.46 bits per heavy atom. The van der Waals surface area contributed by atoms with E-state index in [1.165, 1.54) is 18.2 Å². The summed E-state index contributed by atoms with van der Waals surface area (Å²) in [5.74, 6) is 0.253. The summed E-state index contributed by atoms with van der Waals surface area (Å²) in [6, 6.07) is 16.6. The molecule has 5 nitrogen and oxygen atoms in total. The van der Waals surface area contributed by atoms with Gasteiger partial charge in [0.05, 0.1) is 0 Å². The molecule has 2 aliphatic rings. The van der Waals surface area contributed by atoms with E-state index in [-0.39, 0.29) is 17.1 Å². The topological polar surface area (TPSA) is 79.5 Å². The molecule has 1 heterocycles. The average Bonchev–Trinajstić information content (AvgIpc) is 2.72. The van der Waals surface area contributed by atoms with Crippen molar-refractivity contribution in [2.75, 3.05) is 7.05 Å². The van der Waals surface area contributed by atoms with E-state index in [1.807, 2.05) is 26.0 Å². The van der Waals surface area contributed by atoms with Crippen molar-refractivity contribution in [2.24, 2.45) is 0 Å². The molecular formula is C23H21NO4. The number of hydrogen-bond donors (Lipinski definition) is 2. The monoisotopic (exact) mass is 375 g/mol. The fourth-order valence-electron chi connectivity index (χ4n) is 3.18. The Hall–Kier alpha value is -3.60. The van der Waals surface area contributed by atoms with Gasteiger partial charge in [0.25, 0.3) is 5.91 Å². The van der Waals surface area contributed by atoms with Crippen LogP contribution in [0.1, 0.15) is 24.2 Å². The first-order chi connectivity index (χ1) is 13.6. The highest BCUT2D eigenvalue weighted by atomic mass is 16.3. The third-order valence-corrected chi connectivity index (χ3v) is 4.34. The first-order valence-electron chi connectivity index (χ1n) is 9.09. The van der Waals surface area contributed by atoms with Gasteiger partial charge < -0.3 is 14.8 Å². The SMILES string of the molecule is CC.CNC(=O)c1ccccc1-c1c2ccc(=O)cc-2oc2cc(O)ccc12. The van der Waals surface area contributed by atoms with Crippen molar-refractivity contribution in [3.05, 3.63) is 76.5 Å². The summed E-state index contributed by atoms with van der Waals surface area (Å²) in [7, 11) is 1.58. The molecule has 1 aliphatic carbocycles. The van der Waals surface area contributed by atoms with Crippen LogP contribution >= 0.6 is 0 Å². The van der Waals surface area contributed by atoms with E-state index in [1.54, 1.807) is 37.4 Å². The maximum atomic E-state index is 12.4. The highest BCUT2D eigenvalue weighted by molar-refractivity contribution is 6.09. The van der Waals surface area contributed by atoms with Crippen LogP contribution < -0.4 is 10.7 Å². The predicted molar refractivity (Wildman–Crippen MR) is 111 cm³/mol. The third kappa shape index (κ3) is 3.34. The largest absolute Gasteiger partial charge is 0.508 e. The summed E-state index contributed by atoms with van der Waals surface area (Å²) >= 11 is 0. The highest BCUT2D eigenvalue weighted by Crippen LogP contribution is 2.41. The van der Waals surface area contributed by atoms with Gasteiger partial charge in [-0.25, -0.2) is 0 Å². The van der Waals surface area contributed by atoms with Gasteiger partial charge in [0, 0.05) is 41.3 Å². The van der Waals surface area contributed by atoms with Gasteiger partial charge in [-0.05, 0) is 35.9 Å². The van der Waals surface area contributed by atoms with Crippen molar-refractivity contribution in [3.8, 4) is 28.2 Å². The van der Waals surface area contributed by atoms with Gasteiger partial charge in [-0.2, -0.15) is 0 Å². The zero-order valence-electron chi connectivity index (χ0n) is 15.9.